The number of esters is 1. The number of nitrogens with two attached hydrogens (primary N) is 1. The summed E-state index contributed by atoms with van der Waals surface area (Å²) in [5.74, 6) is 0.234. The number of halogens is 1. The molecule has 0 bridgehead atoms. The normalized spacial score (nSPS) is 12.0. The summed E-state index contributed by atoms with van der Waals surface area (Å²) < 4.78 is 9.60. The molecular weight excluding hydrogens is 242 g/mol. The van der Waals surface area contributed by atoms with Gasteiger partial charge < -0.3 is 15.2 Å². The van der Waals surface area contributed by atoms with E-state index < -0.39 is 12.0 Å². The third kappa shape index (κ3) is 3.91. The van der Waals surface area contributed by atoms with Crippen LogP contribution in [-0.2, 0) is 16.0 Å². The van der Waals surface area contributed by atoms with Crippen LogP contribution < -0.4 is 10.5 Å². The second kappa shape index (κ2) is 6.47. The van der Waals surface area contributed by atoms with Crippen molar-refractivity contribution in [3.63, 3.8) is 0 Å². The summed E-state index contributed by atoms with van der Waals surface area (Å²) in [6.45, 7) is 0. The van der Waals surface area contributed by atoms with Crippen LogP contribution in [0.25, 0.3) is 0 Å². The lowest BCUT2D eigenvalue weighted by Gasteiger charge is -2.10. The fourth-order valence-corrected chi connectivity index (χ4v) is 1.74. The Morgan fingerprint density at radius 2 is 2.18 bits per heavy atom. The Kier molecular flexibility index (Phi) is 5.25. The number of hydrogen-bond acceptors (Lipinski definition) is 4. The number of carbonyl (C=O) groups is 1. The molecule has 0 spiro atoms. The van der Waals surface area contributed by atoms with Gasteiger partial charge in [-0.1, -0.05) is 17.7 Å². The van der Waals surface area contributed by atoms with Crippen molar-refractivity contribution in [2.45, 2.75) is 18.9 Å². The molecule has 2 N–H and O–H groups in total. The predicted octanol–water partition coefficient (Wildman–Crippen LogP) is 1.78. The fourth-order valence-electron chi connectivity index (χ4n) is 1.46. The first-order valence-corrected chi connectivity index (χ1v) is 5.62. The van der Waals surface area contributed by atoms with Crippen LogP contribution in [0.15, 0.2) is 18.2 Å². The third-order valence-corrected chi connectivity index (χ3v) is 2.76. The minimum Gasteiger partial charge on any atom is -0.495 e. The lowest BCUT2D eigenvalue weighted by atomic mass is 10.1. The molecule has 1 rings (SSSR count). The third-order valence-electron chi connectivity index (χ3n) is 2.46. The molecule has 0 aromatic heterocycles. The van der Waals surface area contributed by atoms with Gasteiger partial charge in [0.05, 0.1) is 19.2 Å². The van der Waals surface area contributed by atoms with E-state index in [1.54, 1.807) is 13.2 Å². The van der Waals surface area contributed by atoms with Gasteiger partial charge in [-0.05, 0) is 30.5 Å². The lowest BCUT2D eigenvalue weighted by Crippen LogP contribution is -2.31. The first kappa shape index (κ1) is 13.8. The average Bonchev–Trinajstić information content (AvgIpc) is 2.35. The van der Waals surface area contributed by atoms with E-state index in [1.807, 2.05) is 12.1 Å². The van der Waals surface area contributed by atoms with Gasteiger partial charge in [0.2, 0.25) is 0 Å². The maximum Gasteiger partial charge on any atom is 0.322 e. The molecule has 0 amide bonds. The summed E-state index contributed by atoms with van der Waals surface area (Å²) in [4.78, 5) is 11.1. The van der Waals surface area contributed by atoms with Crippen LogP contribution in [0.1, 0.15) is 12.0 Å². The summed E-state index contributed by atoms with van der Waals surface area (Å²) in [7, 11) is 2.89. The Balaban J connectivity index is 2.58. The molecule has 1 aromatic rings. The molecule has 1 unspecified atom stereocenters. The van der Waals surface area contributed by atoms with E-state index in [0.29, 0.717) is 23.6 Å². The highest BCUT2D eigenvalue weighted by Gasteiger charge is 2.13. The first-order chi connectivity index (χ1) is 8.08. The van der Waals surface area contributed by atoms with Crippen molar-refractivity contribution in [1.29, 1.82) is 0 Å². The summed E-state index contributed by atoms with van der Waals surface area (Å²) >= 11 is 5.99. The number of hydrogen-bond donors (Lipinski definition) is 1. The average molecular weight is 258 g/mol. The Hall–Kier alpha value is -1.26. The van der Waals surface area contributed by atoms with Crippen LogP contribution in [0.2, 0.25) is 5.02 Å². The lowest BCUT2D eigenvalue weighted by molar-refractivity contribution is -0.142. The molecule has 94 valence electrons. The van der Waals surface area contributed by atoms with Gasteiger partial charge in [-0.3, -0.25) is 4.79 Å². The summed E-state index contributed by atoms with van der Waals surface area (Å²) in [5, 5.41) is 0.552. The quantitative estimate of drug-likeness (QED) is 0.817. The Labute approximate surface area is 106 Å². The minimum atomic E-state index is -0.596. The molecule has 0 saturated carbocycles. The van der Waals surface area contributed by atoms with E-state index in [4.69, 9.17) is 22.1 Å². The minimum absolute atomic E-state index is 0.399. The van der Waals surface area contributed by atoms with Crippen LogP contribution in [0, 0.1) is 0 Å². The molecule has 0 heterocycles. The monoisotopic (exact) mass is 257 g/mol. The van der Waals surface area contributed by atoms with Gasteiger partial charge in [0, 0.05) is 0 Å². The predicted molar refractivity (Wildman–Crippen MR) is 66.3 cm³/mol. The van der Waals surface area contributed by atoms with Crippen molar-refractivity contribution >= 4 is 17.6 Å². The SMILES string of the molecule is COC(=O)C(N)CCc1ccc(OC)c(Cl)c1. The molecule has 4 nitrogen and oxygen atoms in total. The fraction of sp³-hybridized carbons (Fsp3) is 0.417. The highest BCUT2D eigenvalue weighted by molar-refractivity contribution is 6.32. The van der Waals surface area contributed by atoms with Gasteiger partial charge >= 0.3 is 5.97 Å². The Morgan fingerprint density at radius 3 is 2.71 bits per heavy atom. The molecule has 1 aromatic carbocycles. The number of methoxy groups -OCH3 is 2. The molecule has 0 aliphatic heterocycles. The second-order valence-corrected chi connectivity index (χ2v) is 4.04. The number of benzene rings is 1. The van der Waals surface area contributed by atoms with Crippen molar-refractivity contribution in [1.82, 2.24) is 0 Å². The van der Waals surface area contributed by atoms with Crippen LogP contribution >= 0.6 is 11.6 Å². The van der Waals surface area contributed by atoms with E-state index >= 15 is 0 Å². The number of rotatable bonds is 5. The number of ether oxygens (including phenoxy) is 2. The maximum absolute atomic E-state index is 11.1. The van der Waals surface area contributed by atoms with Crippen molar-refractivity contribution in [3.05, 3.63) is 28.8 Å². The van der Waals surface area contributed by atoms with Crippen molar-refractivity contribution in [2.24, 2.45) is 5.73 Å². The largest absolute Gasteiger partial charge is 0.495 e. The number of aryl methyl sites for hydroxylation is 1. The van der Waals surface area contributed by atoms with Crippen LogP contribution in [0.3, 0.4) is 0 Å². The van der Waals surface area contributed by atoms with E-state index in [2.05, 4.69) is 4.74 Å². The van der Waals surface area contributed by atoms with Gasteiger partial charge in [0.15, 0.2) is 0 Å². The molecular formula is C12H16ClNO3. The molecule has 1 atom stereocenters. The van der Waals surface area contributed by atoms with Gasteiger partial charge in [-0.2, -0.15) is 0 Å². The molecule has 5 heteroatoms. The first-order valence-electron chi connectivity index (χ1n) is 5.24. The number of carbonyl (C=O) groups excluding carboxylic acids is 1. The van der Waals surface area contributed by atoms with Gasteiger partial charge in [0.1, 0.15) is 11.8 Å². The zero-order valence-electron chi connectivity index (χ0n) is 9.90. The van der Waals surface area contributed by atoms with Gasteiger partial charge in [-0.15, -0.1) is 0 Å². The molecule has 0 aliphatic rings. The smallest absolute Gasteiger partial charge is 0.322 e. The summed E-state index contributed by atoms with van der Waals surface area (Å²) in [6, 6.07) is 4.90. The van der Waals surface area contributed by atoms with E-state index in [1.165, 1.54) is 7.11 Å². The summed E-state index contributed by atoms with van der Waals surface area (Å²) in [6.07, 6.45) is 1.19. The Bertz CT molecular complexity index is 395. The van der Waals surface area contributed by atoms with Crippen LogP contribution in [0.4, 0.5) is 0 Å². The second-order valence-electron chi connectivity index (χ2n) is 3.64. The van der Waals surface area contributed by atoms with Crippen molar-refractivity contribution in [2.75, 3.05) is 14.2 Å². The molecule has 0 fully saturated rings. The molecule has 0 radical (unpaired) electrons. The van der Waals surface area contributed by atoms with E-state index in [-0.39, 0.29) is 0 Å². The highest BCUT2D eigenvalue weighted by Crippen LogP contribution is 2.25. The standard InChI is InChI=1S/C12H16ClNO3/c1-16-11-6-4-8(7-9(11)13)3-5-10(14)12(15)17-2/h4,6-7,10H,3,5,14H2,1-2H3. The van der Waals surface area contributed by atoms with Crippen LogP contribution in [-0.4, -0.2) is 26.2 Å². The zero-order chi connectivity index (χ0) is 12.8. The Morgan fingerprint density at radius 1 is 1.47 bits per heavy atom. The van der Waals surface area contributed by atoms with Gasteiger partial charge in [0.25, 0.3) is 0 Å². The topological polar surface area (TPSA) is 61.5 Å². The van der Waals surface area contributed by atoms with Gasteiger partial charge in [-0.25, -0.2) is 0 Å². The summed E-state index contributed by atoms with van der Waals surface area (Å²) in [5.41, 5.74) is 6.65. The molecule has 0 saturated heterocycles. The van der Waals surface area contributed by atoms with Crippen molar-refractivity contribution < 1.29 is 14.3 Å². The van der Waals surface area contributed by atoms with E-state index in [9.17, 15) is 4.79 Å². The maximum atomic E-state index is 11.1. The van der Waals surface area contributed by atoms with Crippen molar-refractivity contribution in [3.8, 4) is 5.75 Å². The molecule has 17 heavy (non-hydrogen) atoms. The zero-order valence-corrected chi connectivity index (χ0v) is 10.7. The molecule has 0 aliphatic carbocycles. The highest BCUT2D eigenvalue weighted by atomic mass is 35.5. The van der Waals surface area contributed by atoms with E-state index in [0.717, 1.165) is 5.56 Å². The van der Waals surface area contributed by atoms with Crippen LogP contribution in [0.5, 0.6) is 5.75 Å².